The van der Waals surface area contributed by atoms with E-state index < -0.39 is 5.82 Å². The van der Waals surface area contributed by atoms with Gasteiger partial charge in [0.1, 0.15) is 5.82 Å². The van der Waals surface area contributed by atoms with Crippen LogP contribution in [0.15, 0.2) is 121 Å². The van der Waals surface area contributed by atoms with Gasteiger partial charge in [0.15, 0.2) is 5.82 Å². The molecule has 0 bridgehead atoms. The van der Waals surface area contributed by atoms with Crippen LogP contribution >= 0.6 is 0 Å². The fraction of sp³-hybridized carbons (Fsp3) is 0.0323. The molecule has 0 amide bonds. The predicted molar refractivity (Wildman–Crippen MR) is 137 cm³/mol. The standard InChI is InChI=1S/C31H23F2N/c1-34(28-15-9-8-14-27(28)32)29-21-20-26(24-12-6-3-7-13-24)30(31(29)33)25-18-16-23(17-19-25)22-10-4-2-5-11-22/h2-21H,1H3. The summed E-state index contributed by atoms with van der Waals surface area (Å²) in [7, 11) is 1.68. The highest BCUT2D eigenvalue weighted by Crippen LogP contribution is 2.40. The molecule has 0 unspecified atom stereocenters. The van der Waals surface area contributed by atoms with Gasteiger partial charge in [0.25, 0.3) is 0 Å². The molecule has 0 aliphatic heterocycles. The normalized spacial score (nSPS) is 10.8. The molecule has 0 spiro atoms. The molecule has 0 aromatic heterocycles. The van der Waals surface area contributed by atoms with Crippen molar-refractivity contribution in [3.05, 3.63) is 133 Å². The van der Waals surface area contributed by atoms with Crippen LogP contribution < -0.4 is 4.90 Å². The summed E-state index contributed by atoms with van der Waals surface area (Å²) in [6.07, 6.45) is 0. The second-order valence-corrected chi connectivity index (χ2v) is 8.14. The van der Waals surface area contributed by atoms with Crippen molar-refractivity contribution in [2.75, 3.05) is 11.9 Å². The first kappa shape index (κ1) is 21.6. The van der Waals surface area contributed by atoms with Crippen molar-refractivity contribution in [1.82, 2.24) is 0 Å². The summed E-state index contributed by atoms with van der Waals surface area (Å²) >= 11 is 0. The molecule has 0 atom stereocenters. The molecule has 0 fully saturated rings. The van der Waals surface area contributed by atoms with Crippen molar-refractivity contribution in [2.24, 2.45) is 0 Å². The van der Waals surface area contributed by atoms with Gasteiger partial charge in [0.2, 0.25) is 0 Å². The maximum Gasteiger partial charge on any atom is 0.155 e. The summed E-state index contributed by atoms with van der Waals surface area (Å²) in [4.78, 5) is 1.56. The SMILES string of the molecule is CN(c1ccccc1F)c1ccc(-c2ccccc2)c(-c2ccc(-c3ccccc3)cc2)c1F. The van der Waals surface area contributed by atoms with E-state index in [2.05, 4.69) is 12.1 Å². The Hall–Kier alpha value is -4.24. The number of anilines is 2. The van der Waals surface area contributed by atoms with Gasteiger partial charge in [0, 0.05) is 12.6 Å². The van der Waals surface area contributed by atoms with Gasteiger partial charge in [-0.05, 0) is 46.0 Å². The first-order valence-electron chi connectivity index (χ1n) is 11.2. The molecule has 0 aliphatic rings. The Morgan fingerprint density at radius 3 is 1.65 bits per heavy atom. The maximum atomic E-state index is 16.2. The topological polar surface area (TPSA) is 3.24 Å². The largest absolute Gasteiger partial charge is 0.340 e. The number of halogens is 2. The van der Waals surface area contributed by atoms with Crippen molar-refractivity contribution in [3.63, 3.8) is 0 Å². The molecule has 0 saturated carbocycles. The number of benzene rings is 5. The lowest BCUT2D eigenvalue weighted by Crippen LogP contribution is -2.13. The minimum Gasteiger partial charge on any atom is -0.340 e. The Balaban J connectivity index is 1.66. The second-order valence-electron chi connectivity index (χ2n) is 8.14. The van der Waals surface area contributed by atoms with E-state index in [0.29, 0.717) is 16.9 Å². The van der Waals surface area contributed by atoms with Crippen LogP contribution in [0.2, 0.25) is 0 Å². The van der Waals surface area contributed by atoms with Crippen LogP contribution in [0.1, 0.15) is 0 Å². The minimum absolute atomic E-state index is 0.312. The summed E-state index contributed by atoms with van der Waals surface area (Å²) in [6.45, 7) is 0. The number of hydrogen-bond donors (Lipinski definition) is 0. The lowest BCUT2D eigenvalue weighted by Gasteiger charge is -2.23. The van der Waals surface area contributed by atoms with Crippen molar-refractivity contribution in [1.29, 1.82) is 0 Å². The molecule has 0 heterocycles. The maximum absolute atomic E-state index is 16.2. The molecule has 0 saturated heterocycles. The van der Waals surface area contributed by atoms with Gasteiger partial charge in [-0.15, -0.1) is 0 Å². The molecule has 0 N–H and O–H groups in total. The van der Waals surface area contributed by atoms with Gasteiger partial charge in [-0.25, -0.2) is 8.78 Å². The predicted octanol–water partition coefficient (Wildman–Crippen LogP) is 8.73. The van der Waals surface area contributed by atoms with Crippen LogP contribution in [0, 0.1) is 11.6 Å². The van der Waals surface area contributed by atoms with Crippen molar-refractivity contribution >= 4 is 11.4 Å². The van der Waals surface area contributed by atoms with Gasteiger partial charge in [-0.3, -0.25) is 0 Å². The van der Waals surface area contributed by atoms with Crippen molar-refractivity contribution in [3.8, 4) is 33.4 Å². The van der Waals surface area contributed by atoms with Gasteiger partial charge < -0.3 is 4.90 Å². The summed E-state index contributed by atoms with van der Waals surface area (Å²) < 4.78 is 30.7. The Kier molecular flexibility index (Phi) is 5.92. The minimum atomic E-state index is -0.398. The quantitative estimate of drug-likeness (QED) is 0.260. The summed E-state index contributed by atoms with van der Waals surface area (Å²) in [6, 6.07) is 37.8. The number of nitrogens with zero attached hydrogens (tertiary/aromatic N) is 1. The molecule has 5 rings (SSSR count). The Bertz CT molecular complexity index is 1410. The van der Waals surface area contributed by atoms with E-state index in [1.54, 1.807) is 36.2 Å². The van der Waals surface area contributed by atoms with Crippen LogP contribution in [0.25, 0.3) is 33.4 Å². The van der Waals surface area contributed by atoms with Crippen LogP contribution in [0.5, 0.6) is 0 Å². The Morgan fingerprint density at radius 1 is 0.471 bits per heavy atom. The zero-order chi connectivity index (χ0) is 23.5. The van der Waals surface area contributed by atoms with Gasteiger partial charge in [-0.1, -0.05) is 103 Å². The first-order chi connectivity index (χ1) is 16.6. The lowest BCUT2D eigenvalue weighted by molar-refractivity contribution is 0.619. The number of rotatable bonds is 5. The van der Waals surface area contributed by atoms with E-state index >= 15 is 4.39 Å². The van der Waals surface area contributed by atoms with E-state index in [9.17, 15) is 4.39 Å². The average Bonchev–Trinajstić information content (AvgIpc) is 2.89. The fourth-order valence-corrected chi connectivity index (χ4v) is 4.28. The van der Waals surface area contributed by atoms with Gasteiger partial charge in [0.05, 0.1) is 11.4 Å². The summed E-state index contributed by atoms with van der Waals surface area (Å²) in [5.74, 6) is -0.787. The number of hydrogen-bond acceptors (Lipinski definition) is 1. The van der Waals surface area contributed by atoms with E-state index in [0.717, 1.165) is 27.8 Å². The van der Waals surface area contributed by atoms with Crippen LogP contribution in [0.3, 0.4) is 0 Å². The van der Waals surface area contributed by atoms with Gasteiger partial charge in [-0.2, -0.15) is 0 Å². The third-order valence-corrected chi connectivity index (χ3v) is 6.06. The highest BCUT2D eigenvalue weighted by atomic mass is 19.1. The van der Waals surface area contributed by atoms with E-state index in [1.165, 1.54) is 6.07 Å². The molecular formula is C31H23F2N. The first-order valence-corrected chi connectivity index (χ1v) is 11.2. The smallest absolute Gasteiger partial charge is 0.155 e. The monoisotopic (exact) mass is 447 g/mol. The highest BCUT2D eigenvalue weighted by molar-refractivity contribution is 5.88. The average molecular weight is 448 g/mol. The lowest BCUT2D eigenvalue weighted by atomic mass is 9.92. The molecule has 5 aromatic carbocycles. The molecule has 3 heteroatoms. The highest BCUT2D eigenvalue weighted by Gasteiger charge is 2.20. The van der Waals surface area contributed by atoms with E-state index in [-0.39, 0.29) is 5.82 Å². The summed E-state index contributed by atoms with van der Waals surface area (Å²) in [5, 5.41) is 0. The third kappa shape index (κ3) is 4.08. The molecular weight excluding hydrogens is 424 g/mol. The molecule has 166 valence electrons. The Morgan fingerprint density at radius 2 is 1.00 bits per heavy atom. The molecule has 34 heavy (non-hydrogen) atoms. The fourth-order valence-electron chi connectivity index (χ4n) is 4.28. The van der Waals surface area contributed by atoms with Gasteiger partial charge >= 0.3 is 0 Å². The number of para-hydroxylation sites is 1. The molecule has 5 aromatic rings. The van der Waals surface area contributed by atoms with Crippen LogP contribution in [0.4, 0.5) is 20.2 Å². The Labute approximate surface area is 198 Å². The summed E-state index contributed by atoms with van der Waals surface area (Å²) in [5.41, 5.74) is 5.76. The van der Waals surface area contributed by atoms with Crippen molar-refractivity contribution < 1.29 is 8.78 Å². The molecule has 0 aliphatic carbocycles. The zero-order valence-electron chi connectivity index (χ0n) is 18.8. The molecule has 1 nitrogen and oxygen atoms in total. The van der Waals surface area contributed by atoms with Crippen LogP contribution in [-0.4, -0.2) is 7.05 Å². The van der Waals surface area contributed by atoms with E-state index in [1.807, 2.05) is 78.9 Å². The van der Waals surface area contributed by atoms with E-state index in [4.69, 9.17) is 0 Å². The van der Waals surface area contributed by atoms with Crippen LogP contribution in [-0.2, 0) is 0 Å². The zero-order valence-corrected chi connectivity index (χ0v) is 18.8. The molecule has 0 radical (unpaired) electrons. The third-order valence-electron chi connectivity index (χ3n) is 6.06. The second kappa shape index (κ2) is 9.32. The van der Waals surface area contributed by atoms with Crippen molar-refractivity contribution in [2.45, 2.75) is 0 Å².